The molecule has 0 aliphatic carbocycles. The first-order valence-corrected chi connectivity index (χ1v) is 15.3. The summed E-state index contributed by atoms with van der Waals surface area (Å²) in [6, 6.07) is 40.9. The molecule has 0 fully saturated rings. The SMILES string of the molecule is Cn1nnnc1SC(=C=C(c1ccccc1)c1ccccc1)C(=C=C(c1ccccc1)c1ccccc1)Sc1nnnn1C. The molecule has 2 aromatic heterocycles. The Labute approximate surface area is 263 Å². The Hall–Kier alpha value is -5.24. The highest BCUT2D eigenvalue weighted by Crippen LogP contribution is 2.40. The molecule has 2 heterocycles. The van der Waals surface area contributed by atoms with Crippen LogP contribution in [0.5, 0.6) is 0 Å². The van der Waals surface area contributed by atoms with Crippen molar-refractivity contribution in [1.82, 2.24) is 40.4 Å². The molecule has 0 amide bonds. The van der Waals surface area contributed by atoms with Gasteiger partial charge in [0.2, 0.25) is 10.3 Å². The molecule has 0 radical (unpaired) electrons. The second-order valence-electron chi connectivity index (χ2n) is 9.50. The minimum absolute atomic E-state index is 0.602. The Kier molecular flexibility index (Phi) is 9.07. The summed E-state index contributed by atoms with van der Waals surface area (Å²) < 4.78 is 3.28. The predicted molar refractivity (Wildman–Crippen MR) is 174 cm³/mol. The lowest BCUT2D eigenvalue weighted by atomic mass is 9.98. The monoisotopic (exact) mass is 610 g/mol. The Morgan fingerprint density at radius 3 is 1.02 bits per heavy atom. The number of aryl methyl sites for hydroxylation is 2. The summed E-state index contributed by atoms with van der Waals surface area (Å²) in [4.78, 5) is 1.51. The third-order valence-corrected chi connectivity index (χ3v) is 8.69. The van der Waals surface area contributed by atoms with Crippen LogP contribution in [0.4, 0.5) is 0 Å². The van der Waals surface area contributed by atoms with E-state index in [9.17, 15) is 0 Å². The van der Waals surface area contributed by atoms with Crippen LogP contribution in [0, 0.1) is 0 Å². The van der Waals surface area contributed by atoms with Crippen LogP contribution in [0.3, 0.4) is 0 Å². The first-order chi connectivity index (χ1) is 21.7. The molecule has 0 spiro atoms. The molecule has 10 heteroatoms. The summed E-state index contributed by atoms with van der Waals surface area (Å²) >= 11 is 2.82. The van der Waals surface area contributed by atoms with Crippen molar-refractivity contribution in [1.29, 1.82) is 0 Å². The van der Waals surface area contributed by atoms with Gasteiger partial charge in [-0.3, -0.25) is 0 Å². The van der Waals surface area contributed by atoms with Crippen molar-refractivity contribution >= 4 is 34.7 Å². The average molecular weight is 611 g/mol. The van der Waals surface area contributed by atoms with Crippen molar-refractivity contribution in [2.24, 2.45) is 14.1 Å². The molecule has 0 aliphatic rings. The lowest BCUT2D eigenvalue weighted by Crippen LogP contribution is -1.96. The van der Waals surface area contributed by atoms with E-state index in [1.54, 1.807) is 9.36 Å². The van der Waals surface area contributed by atoms with Crippen LogP contribution >= 0.6 is 23.5 Å². The van der Waals surface area contributed by atoms with Gasteiger partial charge in [0.1, 0.15) is 0 Å². The second kappa shape index (κ2) is 13.8. The van der Waals surface area contributed by atoms with E-state index in [2.05, 4.69) is 91.0 Å². The fourth-order valence-electron chi connectivity index (χ4n) is 4.32. The van der Waals surface area contributed by atoms with Crippen LogP contribution in [0.1, 0.15) is 22.3 Å². The zero-order valence-electron chi connectivity index (χ0n) is 23.9. The van der Waals surface area contributed by atoms with E-state index in [-0.39, 0.29) is 0 Å². The van der Waals surface area contributed by atoms with E-state index < -0.39 is 0 Å². The zero-order chi connectivity index (χ0) is 30.1. The van der Waals surface area contributed by atoms with Crippen LogP contribution < -0.4 is 0 Å². The number of nitrogens with zero attached hydrogens (tertiary/aromatic N) is 8. The highest BCUT2D eigenvalue weighted by molar-refractivity contribution is 8.08. The van der Waals surface area contributed by atoms with E-state index in [1.165, 1.54) is 23.5 Å². The van der Waals surface area contributed by atoms with Gasteiger partial charge in [-0.05, 0) is 66.6 Å². The second-order valence-corrected chi connectivity index (χ2v) is 11.5. The maximum absolute atomic E-state index is 4.29. The van der Waals surface area contributed by atoms with Crippen LogP contribution in [0.25, 0.3) is 11.1 Å². The lowest BCUT2D eigenvalue weighted by Gasteiger charge is -2.11. The highest BCUT2D eigenvalue weighted by atomic mass is 32.2. The van der Waals surface area contributed by atoms with Crippen LogP contribution in [0.15, 0.2) is 153 Å². The number of benzene rings is 4. The van der Waals surface area contributed by atoms with Gasteiger partial charge in [0.15, 0.2) is 0 Å². The summed E-state index contributed by atoms with van der Waals surface area (Å²) in [5, 5.41) is 25.7. The molecule has 0 unspecified atom stereocenters. The summed E-state index contributed by atoms with van der Waals surface area (Å²) in [7, 11) is 3.63. The maximum Gasteiger partial charge on any atom is 0.214 e. The number of hydrogen-bond acceptors (Lipinski definition) is 8. The summed E-state index contributed by atoms with van der Waals surface area (Å²) in [5.41, 5.74) is 13.5. The van der Waals surface area contributed by atoms with Gasteiger partial charge in [-0.2, -0.15) is 0 Å². The maximum atomic E-state index is 4.29. The molecule has 0 aliphatic heterocycles. The standard InChI is InChI=1S/C34H26N8S2/c1-41-33(35-37-39-41)43-31(23-29(25-15-7-3-8-16-25)26-17-9-4-10-18-26)32(44-34-36-38-40-42(34)2)24-30(27-19-11-5-12-20-27)28-21-13-6-14-22-28/h3-22H,1-2H3. The van der Waals surface area contributed by atoms with Gasteiger partial charge in [-0.15, -0.1) is 10.2 Å². The normalized spacial score (nSPS) is 10.5. The van der Waals surface area contributed by atoms with E-state index in [0.717, 1.165) is 43.2 Å². The molecule has 6 rings (SSSR count). The summed E-state index contributed by atoms with van der Waals surface area (Å²) in [6.45, 7) is 0. The largest absolute Gasteiger partial charge is 0.223 e. The number of thioether (sulfide) groups is 2. The average Bonchev–Trinajstić information content (AvgIpc) is 3.69. The van der Waals surface area contributed by atoms with Gasteiger partial charge in [-0.25, -0.2) is 9.36 Å². The molecule has 0 atom stereocenters. The fraction of sp³-hybridized carbons (Fsp3) is 0.0588. The van der Waals surface area contributed by atoms with E-state index in [4.69, 9.17) is 0 Å². The Bertz CT molecular complexity index is 1760. The molecule has 0 bridgehead atoms. The molecular weight excluding hydrogens is 585 g/mol. The minimum Gasteiger partial charge on any atom is -0.223 e. The molecule has 214 valence electrons. The molecule has 8 nitrogen and oxygen atoms in total. The van der Waals surface area contributed by atoms with Crippen LogP contribution in [-0.4, -0.2) is 40.4 Å². The molecular formula is C34H26N8S2. The lowest BCUT2D eigenvalue weighted by molar-refractivity contribution is 0.665. The van der Waals surface area contributed by atoms with Gasteiger partial charge < -0.3 is 0 Å². The van der Waals surface area contributed by atoms with E-state index >= 15 is 0 Å². The predicted octanol–water partition coefficient (Wildman–Crippen LogP) is 6.85. The molecule has 4 aromatic carbocycles. The van der Waals surface area contributed by atoms with Crippen molar-refractivity contribution in [3.63, 3.8) is 0 Å². The Morgan fingerprint density at radius 2 is 0.773 bits per heavy atom. The Balaban J connectivity index is 1.72. The zero-order valence-corrected chi connectivity index (χ0v) is 25.6. The quantitative estimate of drug-likeness (QED) is 0.0999. The van der Waals surface area contributed by atoms with Gasteiger partial charge in [0.05, 0.1) is 9.81 Å². The number of rotatable bonds is 9. The number of hydrogen-bond donors (Lipinski definition) is 0. The topological polar surface area (TPSA) is 87.2 Å². The van der Waals surface area contributed by atoms with Crippen LogP contribution in [-0.2, 0) is 14.1 Å². The number of tetrazole rings is 2. The third-order valence-electron chi connectivity index (χ3n) is 6.48. The summed E-state index contributed by atoms with van der Waals surface area (Å²) in [5.74, 6) is 0. The van der Waals surface area contributed by atoms with Crippen LogP contribution in [0.2, 0.25) is 0 Å². The van der Waals surface area contributed by atoms with Gasteiger partial charge in [-0.1, -0.05) is 133 Å². The van der Waals surface area contributed by atoms with E-state index in [0.29, 0.717) is 10.3 Å². The van der Waals surface area contributed by atoms with Crippen molar-refractivity contribution in [2.75, 3.05) is 0 Å². The number of aromatic nitrogens is 8. The van der Waals surface area contributed by atoms with Crippen molar-refractivity contribution in [3.8, 4) is 0 Å². The van der Waals surface area contributed by atoms with E-state index in [1.807, 2.05) is 86.9 Å². The molecule has 6 aromatic rings. The molecule has 0 saturated carbocycles. The fourth-order valence-corrected chi connectivity index (χ4v) is 6.02. The Morgan fingerprint density at radius 1 is 0.477 bits per heavy atom. The van der Waals surface area contributed by atoms with Crippen molar-refractivity contribution in [2.45, 2.75) is 10.3 Å². The van der Waals surface area contributed by atoms with Gasteiger partial charge in [0, 0.05) is 25.2 Å². The molecule has 0 saturated heterocycles. The first-order valence-electron chi connectivity index (χ1n) is 13.7. The summed E-state index contributed by atoms with van der Waals surface area (Å²) in [6.07, 6.45) is 0. The van der Waals surface area contributed by atoms with Crippen molar-refractivity contribution in [3.05, 3.63) is 165 Å². The first kappa shape index (κ1) is 28.9. The van der Waals surface area contributed by atoms with Crippen molar-refractivity contribution < 1.29 is 0 Å². The minimum atomic E-state index is 0.602. The molecule has 44 heavy (non-hydrogen) atoms. The highest BCUT2D eigenvalue weighted by Gasteiger charge is 2.19. The third kappa shape index (κ3) is 6.86. The van der Waals surface area contributed by atoms with Gasteiger partial charge in [0.25, 0.3) is 0 Å². The smallest absolute Gasteiger partial charge is 0.214 e. The van der Waals surface area contributed by atoms with Gasteiger partial charge >= 0.3 is 0 Å². The molecule has 0 N–H and O–H groups in total.